The van der Waals surface area contributed by atoms with Crippen LogP contribution in [0.5, 0.6) is 11.5 Å². The van der Waals surface area contributed by atoms with Gasteiger partial charge in [0.05, 0.1) is 14.2 Å². The van der Waals surface area contributed by atoms with Gasteiger partial charge in [0.25, 0.3) is 5.91 Å². The lowest BCUT2D eigenvalue weighted by molar-refractivity contribution is 0.0954. The minimum atomic E-state index is -0.0658. The molecule has 172 valence electrons. The van der Waals surface area contributed by atoms with Gasteiger partial charge in [-0.25, -0.2) is 0 Å². The Balaban J connectivity index is 1.43. The SMILES string of the molecule is CN=C(NCCNC(=O)c1ccccc1)N1CCN(Cc2cc(OC)ccc2OC)CC1. The molecule has 1 heterocycles. The fourth-order valence-electron chi connectivity index (χ4n) is 3.74. The molecule has 0 unspecified atom stereocenters. The molecular weight excluding hydrogens is 406 g/mol. The van der Waals surface area contributed by atoms with E-state index in [2.05, 4.69) is 25.4 Å². The number of methoxy groups -OCH3 is 2. The van der Waals surface area contributed by atoms with E-state index in [0.29, 0.717) is 18.7 Å². The second kappa shape index (κ2) is 12.0. The molecule has 32 heavy (non-hydrogen) atoms. The highest BCUT2D eigenvalue weighted by Gasteiger charge is 2.20. The topological polar surface area (TPSA) is 78.4 Å². The second-order valence-corrected chi connectivity index (χ2v) is 7.54. The number of benzene rings is 2. The zero-order valence-corrected chi connectivity index (χ0v) is 19.1. The molecule has 8 heteroatoms. The molecule has 1 aliphatic heterocycles. The number of nitrogens with zero attached hydrogens (tertiary/aromatic N) is 3. The Morgan fingerprint density at radius 1 is 0.969 bits per heavy atom. The van der Waals surface area contributed by atoms with Gasteiger partial charge < -0.3 is 25.0 Å². The number of nitrogens with one attached hydrogen (secondary N) is 2. The van der Waals surface area contributed by atoms with E-state index in [-0.39, 0.29) is 5.91 Å². The summed E-state index contributed by atoms with van der Waals surface area (Å²) in [6.45, 7) is 5.56. The van der Waals surface area contributed by atoms with Crippen LogP contribution in [0.25, 0.3) is 0 Å². The van der Waals surface area contributed by atoms with Crippen LogP contribution in [0.2, 0.25) is 0 Å². The van der Waals surface area contributed by atoms with Crippen LogP contribution >= 0.6 is 0 Å². The molecular formula is C24H33N5O3. The number of hydrogen-bond acceptors (Lipinski definition) is 5. The van der Waals surface area contributed by atoms with Crippen LogP contribution in [0, 0.1) is 0 Å². The molecule has 2 aromatic rings. The number of aliphatic imine (C=N–C) groups is 1. The number of ether oxygens (including phenoxy) is 2. The van der Waals surface area contributed by atoms with Crippen LogP contribution in [0.15, 0.2) is 53.5 Å². The van der Waals surface area contributed by atoms with Gasteiger partial charge in [0.2, 0.25) is 0 Å². The summed E-state index contributed by atoms with van der Waals surface area (Å²) < 4.78 is 10.9. The summed E-state index contributed by atoms with van der Waals surface area (Å²) in [4.78, 5) is 21.2. The minimum absolute atomic E-state index is 0.0658. The Kier molecular flexibility index (Phi) is 8.74. The predicted octanol–water partition coefficient (Wildman–Crippen LogP) is 1.83. The van der Waals surface area contributed by atoms with Crippen molar-refractivity contribution in [2.45, 2.75) is 6.54 Å². The summed E-state index contributed by atoms with van der Waals surface area (Å²) in [5, 5.41) is 6.28. The standard InChI is InChI=1S/C24H33N5O3/c1-25-24(27-12-11-26-23(30)19-7-5-4-6-8-19)29-15-13-28(14-16-29)18-20-17-21(31-2)9-10-22(20)32-3/h4-10,17H,11-16,18H2,1-3H3,(H,25,27)(H,26,30). The normalized spacial score (nSPS) is 14.7. The molecule has 2 aromatic carbocycles. The van der Waals surface area contributed by atoms with E-state index in [1.807, 2.05) is 48.5 Å². The van der Waals surface area contributed by atoms with Crippen molar-refractivity contribution < 1.29 is 14.3 Å². The fourth-order valence-corrected chi connectivity index (χ4v) is 3.74. The molecule has 0 spiro atoms. The van der Waals surface area contributed by atoms with E-state index < -0.39 is 0 Å². The average molecular weight is 440 g/mol. The number of carbonyl (C=O) groups is 1. The third kappa shape index (κ3) is 6.37. The second-order valence-electron chi connectivity index (χ2n) is 7.54. The molecule has 8 nitrogen and oxygen atoms in total. The number of amides is 1. The van der Waals surface area contributed by atoms with Gasteiger partial charge in [-0.15, -0.1) is 0 Å². The zero-order valence-electron chi connectivity index (χ0n) is 19.1. The van der Waals surface area contributed by atoms with E-state index in [1.165, 1.54) is 0 Å². The summed E-state index contributed by atoms with van der Waals surface area (Å²) in [5.41, 5.74) is 1.79. The molecule has 3 rings (SSSR count). The summed E-state index contributed by atoms with van der Waals surface area (Å²) in [5.74, 6) is 2.51. The molecule has 0 radical (unpaired) electrons. The van der Waals surface area contributed by atoms with E-state index in [4.69, 9.17) is 9.47 Å². The Bertz CT molecular complexity index is 896. The molecule has 0 aliphatic carbocycles. The maximum atomic E-state index is 12.1. The van der Waals surface area contributed by atoms with Crippen molar-refractivity contribution in [2.75, 3.05) is 60.5 Å². The van der Waals surface area contributed by atoms with Gasteiger partial charge >= 0.3 is 0 Å². The van der Waals surface area contributed by atoms with Crippen molar-refractivity contribution in [2.24, 2.45) is 4.99 Å². The highest BCUT2D eigenvalue weighted by molar-refractivity contribution is 5.94. The quantitative estimate of drug-likeness (QED) is 0.371. The van der Waals surface area contributed by atoms with Gasteiger partial charge in [0.15, 0.2) is 5.96 Å². The maximum Gasteiger partial charge on any atom is 0.251 e. The highest BCUT2D eigenvalue weighted by atomic mass is 16.5. The molecule has 2 N–H and O–H groups in total. The molecule has 0 bridgehead atoms. The van der Waals surface area contributed by atoms with Crippen LogP contribution in [0.3, 0.4) is 0 Å². The third-order valence-electron chi connectivity index (χ3n) is 5.49. The maximum absolute atomic E-state index is 12.1. The lowest BCUT2D eigenvalue weighted by Gasteiger charge is -2.36. The molecule has 1 amide bonds. The molecule has 0 saturated carbocycles. The van der Waals surface area contributed by atoms with Gasteiger partial charge in [-0.3, -0.25) is 14.7 Å². The Morgan fingerprint density at radius 3 is 2.34 bits per heavy atom. The van der Waals surface area contributed by atoms with Crippen LogP contribution in [-0.2, 0) is 6.54 Å². The van der Waals surface area contributed by atoms with Gasteiger partial charge in [-0.05, 0) is 30.3 Å². The highest BCUT2D eigenvalue weighted by Crippen LogP contribution is 2.25. The first kappa shape index (κ1) is 23.4. The first-order valence-corrected chi connectivity index (χ1v) is 10.9. The minimum Gasteiger partial charge on any atom is -0.497 e. The lowest BCUT2D eigenvalue weighted by Crippen LogP contribution is -2.53. The largest absolute Gasteiger partial charge is 0.497 e. The Hall–Kier alpha value is -3.26. The smallest absolute Gasteiger partial charge is 0.251 e. The zero-order chi connectivity index (χ0) is 22.8. The van der Waals surface area contributed by atoms with E-state index in [1.54, 1.807) is 21.3 Å². The van der Waals surface area contributed by atoms with Gasteiger partial charge in [-0.2, -0.15) is 0 Å². The van der Waals surface area contributed by atoms with Gasteiger partial charge in [0, 0.05) is 64.0 Å². The van der Waals surface area contributed by atoms with Crippen LogP contribution in [-0.4, -0.2) is 82.2 Å². The third-order valence-corrected chi connectivity index (χ3v) is 5.49. The first-order valence-electron chi connectivity index (χ1n) is 10.9. The number of carbonyl (C=O) groups excluding carboxylic acids is 1. The van der Waals surface area contributed by atoms with Gasteiger partial charge in [0.1, 0.15) is 11.5 Å². The lowest BCUT2D eigenvalue weighted by atomic mass is 10.1. The molecule has 0 atom stereocenters. The predicted molar refractivity (Wildman–Crippen MR) is 127 cm³/mol. The van der Waals surface area contributed by atoms with Crippen molar-refractivity contribution >= 4 is 11.9 Å². The number of rotatable bonds is 8. The van der Waals surface area contributed by atoms with E-state index >= 15 is 0 Å². The molecule has 0 aromatic heterocycles. The monoisotopic (exact) mass is 439 g/mol. The summed E-state index contributed by atoms with van der Waals surface area (Å²) in [7, 11) is 5.16. The number of hydrogen-bond donors (Lipinski definition) is 2. The molecule has 1 saturated heterocycles. The van der Waals surface area contributed by atoms with Crippen molar-refractivity contribution in [1.29, 1.82) is 0 Å². The van der Waals surface area contributed by atoms with Gasteiger partial charge in [-0.1, -0.05) is 18.2 Å². The van der Waals surface area contributed by atoms with E-state index in [9.17, 15) is 4.79 Å². The van der Waals surface area contributed by atoms with Crippen LogP contribution in [0.1, 0.15) is 15.9 Å². The average Bonchev–Trinajstić information content (AvgIpc) is 2.85. The summed E-state index contributed by atoms with van der Waals surface area (Å²) in [6, 6.07) is 15.1. The number of guanidine groups is 1. The first-order chi connectivity index (χ1) is 15.6. The van der Waals surface area contributed by atoms with Crippen molar-refractivity contribution in [1.82, 2.24) is 20.4 Å². The fraction of sp³-hybridized carbons (Fsp3) is 0.417. The van der Waals surface area contributed by atoms with Crippen LogP contribution < -0.4 is 20.1 Å². The van der Waals surface area contributed by atoms with Crippen molar-refractivity contribution in [3.8, 4) is 11.5 Å². The number of piperazine rings is 1. The Morgan fingerprint density at radius 2 is 1.69 bits per heavy atom. The summed E-state index contributed by atoms with van der Waals surface area (Å²) in [6.07, 6.45) is 0. The molecule has 1 aliphatic rings. The molecule has 1 fully saturated rings. The Labute approximate surface area is 190 Å². The summed E-state index contributed by atoms with van der Waals surface area (Å²) >= 11 is 0. The van der Waals surface area contributed by atoms with E-state index in [0.717, 1.165) is 55.7 Å². The van der Waals surface area contributed by atoms with Crippen molar-refractivity contribution in [3.05, 3.63) is 59.7 Å². The van der Waals surface area contributed by atoms with Crippen LogP contribution in [0.4, 0.5) is 0 Å². The van der Waals surface area contributed by atoms with Crippen molar-refractivity contribution in [3.63, 3.8) is 0 Å².